The maximum Gasteiger partial charge on any atom is 0.258 e. The number of methoxy groups -OCH3 is 1. The van der Waals surface area contributed by atoms with E-state index in [1.165, 1.54) is 0 Å². The summed E-state index contributed by atoms with van der Waals surface area (Å²) in [6, 6.07) is 14.6. The molecular weight excluding hydrogens is 314 g/mol. The molecule has 0 bridgehead atoms. The van der Waals surface area contributed by atoms with Crippen LogP contribution in [0.1, 0.15) is 24.9 Å². The first-order valence-corrected chi connectivity index (χ1v) is 7.82. The molecule has 23 heavy (non-hydrogen) atoms. The van der Waals surface area contributed by atoms with Gasteiger partial charge in [-0.05, 0) is 42.3 Å². The van der Waals surface area contributed by atoms with Crippen LogP contribution in [0.5, 0.6) is 11.5 Å². The molecule has 1 amide bonds. The van der Waals surface area contributed by atoms with Gasteiger partial charge in [0, 0.05) is 5.02 Å². The zero-order chi connectivity index (χ0) is 16.7. The maximum absolute atomic E-state index is 12.1. The van der Waals surface area contributed by atoms with Crippen molar-refractivity contribution < 1.29 is 14.3 Å². The zero-order valence-corrected chi connectivity index (χ0v) is 14.0. The molecule has 0 heterocycles. The molecule has 122 valence electrons. The van der Waals surface area contributed by atoms with Crippen LogP contribution >= 0.6 is 11.6 Å². The Morgan fingerprint density at radius 3 is 2.52 bits per heavy atom. The highest BCUT2D eigenvalue weighted by molar-refractivity contribution is 6.30. The first-order valence-electron chi connectivity index (χ1n) is 7.44. The third-order valence-electron chi connectivity index (χ3n) is 3.43. The highest BCUT2D eigenvalue weighted by Gasteiger charge is 2.13. The van der Waals surface area contributed by atoms with Crippen LogP contribution in [0.15, 0.2) is 48.5 Å². The molecule has 0 spiro atoms. The van der Waals surface area contributed by atoms with Gasteiger partial charge in [-0.25, -0.2) is 0 Å². The Balaban J connectivity index is 1.91. The summed E-state index contributed by atoms with van der Waals surface area (Å²) in [7, 11) is 1.63. The SMILES string of the molecule is CCC(NC(=O)COc1cccc(Cl)c1)c1ccc(OC)cc1. The fourth-order valence-electron chi connectivity index (χ4n) is 2.20. The molecule has 0 aromatic heterocycles. The smallest absolute Gasteiger partial charge is 0.258 e. The standard InChI is InChI=1S/C18H20ClNO3/c1-3-17(13-7-9-15(22-2)10-8-13)20-18(21)12-23-16-6-4-5-14(19)11-16/h4-11,17H,3,12H2,1-2H3,(H,20,21). The van der Waals surface area contributed by atoms with Crippen molar-refractivity contribution in [1.29, 1.82) is 0 Å². The Kier molecular flexibility index (Phi) is 6.29. The first kappa shape index (κ1) is 17.2. The van der Waals surface area contributed by atoms with Crippen molar-refractivity contribution in [1.82, 2.24) is 5.32 Å². The number of hydrogen-bond donors (Lipinski definition) is 1. The number of nitrogens with one attached hydrogen (secondary N) is 1. The number of carbonyl (C=O) groups is 1. The van der Waals surface area contributed by atoms with Gasteiger partial charge in [-0.1, -0.05) is 36.7 Å². The average molecular weight is 334 g/mol. The van der Waals surface area contributed by atoms with Gasteiger partial charge in [-0.3, -0.25) is 4.79 Å². The molecule has 0 fully saturated rings. The number of amides is 1. The van der Waals surface area contributed by atoms with Crippen molar-refractivity contribution in [3.8, 4) is 11.5 Å². The molecular formula is C18H20ClNO3. The lowest BCUT2D eigenvalue weighted by atomic mass is 10.0. The van der Waals surface area contributed by atoms with Crippen LogP contribution < -0.4 is 14.8 Å². The lowest BCUT2D eigenvalue weighted by molar-refractivity contribution is -0.123. The minimum Gasteiger partial charge on any atom is -0.497 e. The summed E-state index contributed by atoms with van der Waals surface area (Å²) in [5, 5.41) is 3.54. The number of benzene rings is 2. The summed E-state index contributed by atoms with van der Waals surface area (Å²) in [6.07, 6.45) is 0.787. The molecule has 1 unspecified atom stereocenters. The monoisotopic (exact) mass is 333 g/mol. The number of ether oxygens (including phenoxy) is 2. The number of carbonyl (C=O) groups excluding carboxylic acids is 1. The highest BCUT2D eigenvalue weighted by Crippen LogP contribution is 2.20. The fourth-order valence-corrected chi connectivity index (χ4v) is 2.38. The van der Waals surface area contributed by atoms with E-state index in [-0.39, 0.29) is 18.6 Å². The third-order valence-corrected chi connectivity index (χ3v) is 3.66. The molecule has 2 aromatic rings. The largest absolute Gasteiger partial charge is 0.497 e. The summed E-state index contributed by atoms with van der Waals surface area (Å²) < 4.78 is 10.6. The predicted molar refractivity (Wildman–Crippen MR) is 91.1 cm³/mol. The molecule has 1 atom stereocenters. The fraction of sp³-hybridized carbons (Fsp3) is 0.278. The molecule has 2 rings (SSSR count). The quantitative estimate of drug-likeness (QED) is 0.833. The van der Waals surface area contributed by atoms with Gasteiger partial charge in [0.2, 0.25) is 0 Å². The number of hydrogen-bond acceptors (Lipinski definition) is 3. The van der Waals surface area contributed by atoms with Crippen LogP contribution in [-0.4, -0.2) is 19.6 Å². The Hall–Kier alpha value is -2.20. The van der Waals surface area contributed by atoms with Crippen molar-refractivity contribution in [3.63, 3.8) is 0 Å². The molecule has 0 radical (unpaired) electrons. The molecule has 0 aliphatic carbocycles. The molecule has 1 N–H and O–H groups in total. The third kappa shape index (κ3) is 5.18. The van der Waals surface area contributed by atoms with E-state index in [0.29, 0.717) is 10.8 Å². The predicted octanol–water partition coefficient (Wildman–Crippen LogP) is 3.99. The van der Waals surface area contributed by atoms with Gasteiger partial charge in [-0.2, -0.15) is 0 Å². The van der Waals surface area contributed by atoms with Crippen LogP contribution in [0.4, 0.5) is 0 Å². The average Bonchev–Trinajstić information content (AvgIpc) is 2.58. The summed E-state index contributed by atoms with van der Waals surface area (Å²) in [5.41, 5.74) is 1.03. The van der Waals surface area contributed by atoms with Gasteiger partial charge < -0.3 is 14.8 Å². The molecule has 2 aromatic carbocycles. The van der Waals surface area contributed by atoms with Crippen LogP contribution in [0.25, 0.3) is 0 Å². The van der Waals surface area contributed by atoms with E-state index >= 15 is 0 Å². The van der Waals surface area contributed by atoms with Gasteiger partial charge in [0.25, 0.3) is 5.91 Å². The van der Waals surface area contributed by atoms with Gasteiger partial charge in [0.05, 0.1) is 13.2 Å². The molecule has 4 nitrogen and oxygen atoms in total. The molecule has 0 aliphatic heterocycles. The molecule has 0 saturated heterocycles. The minimum absolute atomic E-state index is 0.0486. The van der Waals surface area contributed by atoms with E-state index < -0.39 is 0 Å². The minimum atomic E-state index is -0.173. The van der Waals surface area contributed by atoms with Crippen molar-refractivity contribution in [3.05, 3.63) is 59.1 Å². The van der Waals surface area contributed by atoms with E-state index in [1.807, 2.05) is 31.2 Å². The Bertz CT molecular complexity index is 643. The van der Waals surface area contributed by atoms with Gasteiger partial charge in [-0.15, -0.1) is 0 Å². The van der Waals surface area contributed by atoms with Crippen LogP contribution in [0.2, 0.25) is 5.02 Å². The summed E-state index contributed by atoms with van der Waals surface area (Å²) in [4.78, 5) is 12.1. The van der Waals surface area contributed by atoms with Gasteiger partial charge in [0.15, 0.2) is 6.61 Å². The summed E-state index contributed by atoms with van der Waals surface area (Å²) in [6.45, 7) is 1.97. The topological polar surface area (TPSA) is 47.6 Å². The van der Waals surface area contributed by atoms with E-state index in [9.17, 15) is 4.79 Å². The number of rotatable bonds is 7. The molecule has 0 saturated carbocycles. The Labute approximate surface area is 141 Å². The van der Waals surface area contributed by atoms with Crippen LogP contribution in [-0.2, 0) is 4.79 Å². The van der Waals surface area contributed by atoms with Gasteiger partial charge in [0.1, 0.15) is 11.5 Å². The van der Waals surface area contributed by atoms with E-state index in [4.69, 9.17) is 21.1 Å². The second-order valence-corrected chi connectivity index (χ2v) is 5.48. The van der Waals surface area contributed by atoms with Crippen LogP contribution in [0.3, 0.4) is 0 Å². The van der Waals surface area contributed by atoms with Crippen molar-refractivity contribution in [2.75, 3.05) is 13.7 Å². The maximum atomic E-state index is 12.1. The Morgan fingerprint density at radius 2 is 1.91 bits per heavy atom. The summed E-state index contributed by atoms with van der Waals surface area (Å²) in [5.74, 6) is 1.19. The van der Waals surface area contributed by atoms with Crippen molar-refractivity contribution in [2.24, 2.45) is 0 Å². The van der Waals surface area contributed by atoms with E-state index in [1.54, 1.807) is 31.4 Å². The summed E-state index contributed by atoms with van der Waals surface area (Å²) >= 11 is 5.88. The van der Waals surface area contributed by atoms with Crippen molar-refractivity contribution in [2.45, 2.75) is 19.4 Å². The second-order valence-electron chi connectivity index (χ2n) is 5.05. The Morgan fingerprint density at radius 1 is 1.17 bits per heavy atom. The highest BCUT2D eigenvalue weighted by atomic mass is 35.5. The number of halogens is 1. The van der Waals surface area contributed by atoms with E-state index in [0.717, 1.165) is 17.7 Å². The second kappa shape index (κ2) is 8.44. The lowest BCUT2D eigenvalue weighted by Gasteiger charge is -2.18. The lowest BCUT2D eigenvalue weighted by Crippen LogP contribution is -2.32. The van der Waals surface area contributed by atoms with E-state index in [2.05, 4.69) is 5.32 Å². The molecule has 5 heteroatoms. The van der Waals surface area contributed by atoms with Gasteiger partial charge >= 0.3 is 0 Å². The zero-order valence-electron chi connectivity index (χ0n) is 13.2. The normalized spacial score (nSPS) is 11.6. The first-order chi connectivity index (χ1) is 11.1. The van der Waals surface area contributed by atoms with Crippen LogP contribution in [0, 0.1) is 0 Å². The van der Waals surface area contributed by atoms with Crippen molar-refractivity contribution >= 4 is 17.5 Å². The molecule has 0 aliphatic rings.